The minimum absolute atomic E-state index is 0.104. The van der Waals surface area contributed by atoms with Crippen LogP contribution in [-0.2, 0) is 4.79 Å². The van der Waals surface area contributed by atoms with E-state index >= 15 is 0 Å². The number of imidazole rings is 1. The Morgan fingerprint density at radius 3 is 2.80 bits per heavy atom. The highest BCUT2D eigenvalue weighted by Crippen LogP contribution is 2.26. The van der Waals surface area contributed by atoms with Gasteiger partial charge in [0.15, 0.2) is 5.16 Å². The molecule has 1 amide bonds. The summed E-state index contributed by atoms with van der Waals surface area (Å²) in [5.74, 6) is 0.557. The zero-order chi connectivity index (χ0) is 17.4. The van der Waals surface area contributed by atoms with Gasteiger partial charge in [-0.15, -0.1) is 5.10 Å². The number of thioether (sulfide) groups is 1. The number of halogens is 1. The number of rotatable bonds is 4. The van der Waals surface area contributed by atoms with E-state index in [0.717, 1.165) is 11.0 Å². The van der Waals surface area contributed by atoms with Gasteiger partial charge in [-0.3, -0.25) is 9.20 Å². The first-order chi connectivity index (χ1) is 12.1. The molecule has 0 saturated carbocycles. The molecule has 4 rings (SSSR count). The van der Waals surface area contributed by atoms with Gasteiger partial charge < -0.3 is 5.32 Å². The third kappa shape index (κ3) is 3.08. The molecule has 4 aromatic rings. The van der Waals surface area contributed by atoms with Crippen LogP contribution in [0.1, 0.15) is 6.92 Å². The highest BCUT2D eigenvalue weighted by Gasteiger charge is 2.19. The highest BCUT2D eigenvalue weighted by atomic mass is 35.5. The van der Waals surface area contributed by atoms with Crippen molar-refractivity contribution in [2.45, 2.75) is 17.3 Å². The number of carbonyl (C=O) groups excluding carboxylic acids is 1. The van der Waals surface area contributed by atoms with E-state index in [1.807, 2.05) is 35.6 Å². The van der Waals surface area contributed by atoms with Gasteiger partial charge in [0.1, 0.15) is 0 Å². The summed E-state index contributed by atoms with van der Waals surface area (Å²) in [7, 11) is 0. The number of anilines is 1. The van der Waals surface area contributed by atoms with E-state index in [-0.39, 0.29) is 11.2 Å². The lowest BCUT2D eigenvalue weighted by molar-refractivity contribution is -0.115. The summed E-state index contributed by atoms with van der Waals surface area (Å²) in [5.41, 5.74) is 2.55. The Labute approximate surface area is 152 Å². The van der Waals surface area contributed by atoms with Crippen molar-refractivity contribution in [3.8, 4) is 0 Å². The van der Waals surface area contributed by atoms with Crippen LogP contribution >= 0.6 is 23.4 Å². The van der Waals surface area contributed by atoms with Gasteiger partial charge in [-0.05, 0) is 43.3 Å². The Morgan fingerprint density at radius 2 is 2.00 bits per heavy atom. The maximum absolute atomic E-state index is 12.4. The highest BCUT2D eigenvalue weighted by molar-refractivity contribution is 8.00. The van der Waals surface area contributed by atoms with Gasteiger partial charge in [0, 0.05) is 10.7 Å². The summed E-state index contributed by atoms with van der Waals surface area (Å²) in [6, 6.07) is 14.8. The molecule has 0 spiro atoms. The predicted molar refractivity (Wildman–Crippen MR) is 100 cm³/mol. The van der Waals surface area contributed by atoms with Crippen molar-refractivity contribution in [2.24, 2.45) is 0 Å². The number of fused-ring (bicyclic) bond motifs is 3. The lowest BCUT2D eigenvalue weighted by atomic mass is 10.3. The van der Waals surface area contributed by atoms with E-state index in [2.05, 4.69) is 20.5 Å². The lowest BCUT2D eigenvalue weighted by Crippen LogP contribution is -2.22. The van der Waals surface area contributed by atoms with Crippen LogP contribution in [-0.4, -0.2) is 30.7 Å². The largest absolute Gasteiger partial charge is 0.325 e. The Balaban J connectivity index is 1.56. The number of hydrogen-bond acceptors (Lipinski definition) is 4. The van der Waals surface area contributed by atoms with Gasteiger partial charge in [0.25, 0.3) is 0 Å². The number of carbonyl (C=O) groups is 1. The van der Waals surface area contributed by atoms with Crippen LogP contribution in [0.3, 0.4) is 0 Å². The number of nitrogens with one attached hydrogen (secondary N) is 2. The minimum Gasteiger partial charge on any atom is -0.325 e. The third-order valence-corrected chi connectivity index (χ3v) is 5.07. The van der Waals surface area contributed by atoms with Gasteiger partial charge in [-0.1, -0.05) is 35.5 Å². The van der Waals surface area contributed by atoms with Crippen LogP contribution in [0.15, 0.2) is 53.7 Å². The first kappa shape index (κ1) is 16.0. The van der Waals surface area contributed by atoms with Crippen molar-refractivity contribution in [2.75, 3.05) is 5.32 Å². The van der Waals surface area contributed by atoms with Crippen molar-refractivity contribution in [1.29, 1.82) is 0 Å². The van der Waals surface area contributed by atoms with Crippen LogP contribution < -0.4 is 5.32 Å². The fourth-order valence-corrected chi connectivity index (χ4v) is 3.51. The molecule has 2 aromatic carbocycles. The molecular weight excluding hydrogens is 358 g/mol. The summed E-state index contributed by atoms with van der Waals surface area (Å²) in [6.45, 7) is 1.84. The second-order valence-corrected chi connectivity index (χ2v) is 7.27. The summed E-state index contributed by atoms with van der Waals surface area (Å²) in [4.78, 5) is 16.9. The number of hydrogen-bond donors (Lipinski definition) is 2. The Bertz CT molecular complexity index is 1060. The average molecular weight is 372 g/mol. The van der Waals surface area contributed by atoms with Crippen molar-refractivity contribution in [3.05, 3.63) is 53.6 Å². The van der Waals surface area contributed by atoms with Crippen molar-refractivity contribution < 1.29 is 4.79 Å². The Hall–Kier alpha value is -2.51. The van der Waals surface area contributed by atoms with E-state index in [1.165, 1.54) is 11.8 Å². The molecule has 6 nitrogen and oxygen atoms in total. The van der Waals surface area contributed by atoms with Gasteiger partial charge in [-0.25, -0.2) is 10.1 Å². The summed E-state index contributed by atoms with van der Waals surface area (Å²) >= 11 is 7.23. The molecule has 0 radical (unpaired) electrons. The van der Waals surface area contributed by atoms with Gasteiger partial charge in [-0.2, -0.15) is 0 Å². The average Bonchev–Trinajstić information content (AvgIpc) is 3.16. The zero-order valence-corrected chi connectivity index (χ0v) is 14.8. The van der Waals surface area contributed by atoms with Gasteiger partial charge >= 0.3 is 0 Å². The number of H-pyrrole nitrogens is 1. The molecule has 0 aliphatic rings. The topological polar surface area (TPSA) is 75.1 Å². The first-order valence-corrected chi connectivity index (χ1v) is 8.92. The molecule has 0 aliphatic heterocycles. The molecule has 1 unspecified atom stereocenters. The zero-order valence-electron chi connectivity index (χ0n) is 13.2. The number of aromatic nitrogens is 4. The van der Waals surface area contributed by atoms with E-state index in [1.54, 1.807) is 24.3 Å². The van der Waals surface area contributed by atoms with E-state index in [4.69, 9.17) is 11.6 Å². The predicted octanol–water partition coefficient (Wildman–Crippen LogP) is 3.98. The Morgan fingerprint density at radius 1 is 1.24 bits per heavy atom. The lowest BCUT2D eigenvalue weighted by Gasteiger charge is -2.11. The number of nitrogens with zero attached hydrogens (tertiary/aromatic N) is 3. The molecule has 0 fully saturated rings. The van der Waals surface area contributed by atoms with Crippen LogP contribution in [0.25, 0.3) is 16.8 Å². The molecule has 0 aliphatic carbocycles. The molecule has 0 saturated heterocycles. The van der Waals surface area contributed by atoms with Gasteiger partial charge in [0.2, 0.25) is 11.7 Å². The maximum Gasteiger partial charge on any atom is 0.237 e. The molecule has 2 heterocycles. The monoisotopic (exact) mass is 371 g/mol. The second kappa shape index (κ2) is 6.42. The van der Waals surface area contributed by atoms with Crippen molar-refractivity contribution >= 4 is 51.8 Å². The normalized spacial score (nSPS) is 12.6. The molecule has 126 valence electrons. The van der Waals surface area contributed by atoms with E-state index in [0.29, 0.717) is 21.6 Å². The molecule has 2 N–H and O–H groups in total. The second-order valence-electron chi connectivity index (χ2n) is 5.52. The molecule has 2 aromatic heterocycles. The number of para-hydroxylation sites is 2. The number of benzene rings is 2. The molecule has 1 atom stereocenters. The quantitative estimate of drug-likeness (QED) is 0.532. The number of amides is 1. The van der Waals surface area contributed by atoms with E-state index in [9.17, 15) is 4.79 Å². The standard InChI is InChI=1S/C17H14ClN5OS/c1-10(15(24)19-12-8-6-11(18)7-9-12)25-17-22-21-16-20-13-4-2-3-5-14(13)23(16)17/h2-10H,1H3,(H,19,24)(H,20,21). The first-order valence-electron chi connectivity index (χ1n) is 7.66. The molecular formula is C17H14ClN5OS. The Kier molecular flexibility index (Phi) is 4.10. The minimum atomic E-state index is -0.330. The smallest absolute Gasteiger partial charge is 0.237 e. The summed E-state index contributed by atoms with van der Waals surface area (Å²) < 4.78 is 1.92. The summed E-state index contributed by atoms with van der Waals surface area (Å²) in [5, 5.41) is 11.1. The van der Waals surface area contributed by atoms with Crippen LogP contribution in [0.4, 0.5) is 5.69 Å². The van der Waals surface area contributed by atoms with Crippen molar-refractivity contribution in [1.82, 2.24) is 19.6 Å². The third-order valence-electron chi connectivity index (χ3n) is 3.77. The van der Waals surface area contributed by atoms with Crippen LogP contribution in [0.5, 0.6) is 0 Å². The number of aromatic amines is 1. The fraction of sp³-hybridized carbons (Fsp3) is 0.118. The molecule has 25 heavy (non-hydrogen) atoms. The van der Waals surface area contributed by atoms with Crippen LogP contribution in [0, 0.1) is 0 Å². The van der Waals surface area contributed by atoms with E-state index < -0.39 is 0 Å². The molecule has 8 heteroatoms. The van der Waals surface area contributed by atoms with Gasteiger partial charge in [0.05, 0.1) is 16.3 Å². The van der Waals surface area contributed by atoms with Crippen LogP contribution in [0.2, 0.25) is 5.02 Å². The SMILES string of the molecule is CC(Sc1n[nH]c2nc3ccccc3n12)C(=O)Nc1ccc(Cl)cc1. The van der Waals surface area contributed by atoms with Crippen molar-refractivity contribution in [3.63, 3.8) is 0 Å². The fourth-order valence-electron chi connectivity index (χ4n) is 2.51. The summed E-state index contributed by atoms with van der Waals surface area (Å²) in [6.07, 6.45) is 0. The maximum atomic E-state index is 12.4. The molecule has 0 bridgehead atoms.